The van der Waals surface area contributed by atoms with E-state index in [1.54, 1.807) is 0 Å². The summed E-state index contributed by atoms with van der Waals surface area (Å²) in [5.74, 6) is 0. The van der Waals surface area contributed by atoms with Crippen LogP contribution in [0.3, 0.4) is 0 Å². The first-order valence-corrected chi connectivity index (χ1v) is 8.85. The summed E-state index contributed by atoms with van der Waals surface area (Å²) in [6, 6.07) is 24.0. The average Bonchev–Trinajstić information content (AvgIpc) is 2.51. The summed E-state index contributed by atoms with van der Waals surface area (Å²) in [6.07, 6.45) is 0. The molecular weight excluding hydrogens is 285 g/mol. The van der Waals surface area contributed by atoms with Crippen molar-refractivity contribution in [1.82, 2.24) is 4.98 Å². The molecule has 0 atom stereocenters. The van der Waals surface area contributed by atoms with Crippen molar-refractivity contribution in [2.24, 2.45) is 0 Å². The molecule has 0 fully saturated rings. The maximum Gasteiger partial charge on any atom is 0.0724 e. The minimum atomic E-state index is -0.598. The normalized spacial score (nSPS) is 10.9. The van der Waals surface area contributed by atoms with Crippen molar-refractivity contribution >= 4 is 24.0 Å². The molecular formula is C20H20NP. The molecule has 22 heavy (non-hydrogen) atoms. The first kappa shape index (κ1) is 14.9. The van der Waals surface area contributed by atoms with Crippen molar-refractivity contribution in [3.05, 3.63) is 83.6 Å². The lowest BCUT2D eigenvalue weighted by molar-refractivity contribution is 1.24. The summed E-state index contributed by atoms with van der Waals surface area (Å²) in [7, 11) is -0.598. The molecule has 2 aromatic carbocycles. The van der Waals surface area contributed by atoms with Gasteiger partial charge in [0.25, 0.3) is 0 Å². The van der Waals surface area contributed by atoms with Crippen LogP contribution in [0.4, 0.5) is 0 Å². The molecule has 1 nitrogen and oxygen atoms in total. The van der Waals surface area contributed by atoms with Gasteiger partial charge in [-0.15, -0.1) is 0 Å². The number of hydrogen-bond donors (Lipinski definition) is 0. The van der Waals surface area contributed by atoms with Crippen molar-refractivity contribution in [2.75, 3.05) is 0 Å². The summed E-state index contributed by atoms with van der Waals surface area (Å²) < 4.78 is 0. The fourth-order valence-electron chi connectivity index (χ4n) is 2.45. The van der Waals surface area contributed by atoms with Crippen molar-refractivity contribution < 1.29 is 0 Å². The van der Waals surface area contributed by atoms with Gasteiger partial charge in [0.15, 0.2) is 0 Å². The number of rotatable bonds is 3. The minimum absolute atomic E-state index is 0.598. The van der Waals surface area contributed by atoms with Crippen molar-refractivity contribution in [1.29, 1.82) is 0 Å². The number of pyridine rings is 1. The van der Waals surface area contributed by atoms with E-state index in [0.717, 1.165) is 5.69 Å². The second kappa shape index (κ2) is 6.42. The first-order valence-electron chi connectivity index (χ1n) is 7.50. The quantitative estimate of drug-likeness (QED) is 0.671. The van der Waals surface area contributed by atoms with Crippen LogP contribution in [-0.4, -0.2) is 4.98 Å². The third-order valence-corrected chi connectivity index (χ3v) is 6.02. The van der Waals surface area contributed by atoms with Gasteiger partial charge in [-0.3, -0.25) is 4.98 Å². The fourth-order valence-corrected chi connectivity index (χ4v) is 4.67. The SMILES string of the molecule is Cc1ccc(P(c2ccc(C)cc2)c2cccc(C)n2)cc1. The number of aromatic nitrogens is 1. The van der Waals surface area contributed by atoms with Crippen LogP contribution >= 0.6 is 7.92 Å². The van der Waals surface area contributed by atoms with E-state index in [1.165, 1.54) is 27.2 Å². The predicted molar refractivity (Wildman–Crippen MR) is 97.2 cm³/mol. The van der Waals surface area contributed by atoms with Gasteiger partial charge in [-0.25, -0.2) is 0 Å². The summed E-state index contributed by atoms with van der Waals surface area (Å²) in [5.41, 5.74) is 4.83. The van der Waals surface area contributed by atoms with Crippen LogP contribution in [-0.2, 0) is 0 Å². The molecule has 0 saturated heterocycles. The number of nitrogens with zero attached hydrogens (tertiary/aromatic N) is 1. The largest absolute Gasteiger partial charge is 0.253 e. The van der Waals surface area contributed by atoms with Gasteiger partial charge in [0.05, 0.1) is 5.44 Å². The molecule has 0 unspecified atom stereocenters. The topological polar surface area (TPSA) is 12.9 Å². The zero-order valence-electron chi connectivity index (χ0n) is 13.2. The van der Waals surface area contributed by atoms with E-state index in [1.807, 2.05) is 0 Å². The van der Waals surface area contributed by atoms with Gasteiger partial charge in [-0.2, -0.15) is 0 Å². The Morgan fingerprint density at radius 1 is 0.636 bits per heavy atom. The Balaban J connectivity index is 2.13. The maximum absolute atomic E-state index is 4.80. The van der Waals surface area contributed by atoms with Gasteiger partial charge in [0.1, 0.15) is 0 Å². The Kier molecular flexibility index (Phi) is 4.36. The standard InChI is InChI=1S/C20H20NP/c1-15-7-11-18(12-8-15)22(19-13-9-16(2)10-14-19)20-6-4-5-17(3)21-20/h4-14H,1-3H3. The molecule has 0 saturated carbocycles. The van der Waals surface area contributed by atoms with Crippen molar-refractivity contribution in [2.45, 2.75) is 20.8 Å². The molecule has 1 aromatic heterocycles. The van der Waals surface area contributed by atoms with E-state index < -0.39 is 7.92 Å². The maximum atomic E-state index is 4.80. The summed E-state index contributed by atoms with van der Waals surface area (Å²) in [4.78, 5) is 4.80. The number of aryl methyl sites for hydroxylation is 3. The highest BCUT2D eigenvalue weighted by atomic mass is 31.1. The van der Waals surface area contributed by atoms with Crippen molar-refractivity contribution in [3.8, 4) is 0 Å². The second-order valence-corrected chi connectivity index (χ2v) is 7.81. The third-order valence-electron chi connectivity index (χ3n) is 3.69. The smallest absolute Gasteiger partial charge is 0.0724 e. The zero-order valence-corrected chi connectivity index (χ0v) is 14.1. The van der Waals surface area contributed by atoms with E-state index in [9.17, 15) is 0 Å². The lowest BCUT2D eigenvalue weighted by Gasteiger charge is -2.19. The minimum Gasteiger partial charge on any atom is -0.253 e. The molecule has 1 heterocycles. The van der Waals surface area contributed by atoms with E-state index in [0.29, 0.717) is 0 Å². The highest BCUT2D eigenvalue weighted by Gasteiger charge is 2.17. The third kappa shape index (κ3) is 3.26. The van der Waals surface area contributed by atoms with E-state index in [4.69, 9.17) is 4.98 Å². The zero-order chi connectivity index (χ0) is 15.5. The summed E-state index contributed by atoms with van der Waals surface area (Å²) in [5, 5.41) is 2.70. The van der Waals surface area contributed by atoms with Crippen LogP contribution in [0, 0.1) is 20.8 Å². The second-order valence-electron chi connectivity index (χ2n) is 5.64. The number of benzene rings is 2. The Morgan fingerprint density at radius 3 is 1.59 bits per heavy atom. The van der Waals surface area contributed by atoms with Crippen LogP contribution in [0.1, 0.15) is 16.8 Å². The van der Waals surface area contributed by atoms with Crippen molar-refractivity contribution in [3.63, 3.8) is 0 Å². The molecule has 3 rings (SSSR count). The molecule has 0 amide bonds. The molecule has 0 aliphatic carbocycles. The first-order chi connectivity index (χ1) is 10.6. The van der Waals surface area contributed by atoms with Gasteiger partial charge in [0, 0.05) is 13.6 Å². The monoisotopic (exact) mass is 305 g/mol. The van der Waals surface area contributed by atoms with Crippen LogP contribution < -0.4 is 16.0 Å². The Hall–Kier alpha value is -1.98. The lowest BCUT2D eigenvalue weighted by atomic mass is 10.2. The average molecular weight is 305 g/mol. The van der Waals surface area contributed by atoms with Crippen LogP contribution in [0.2, 0.25) is 0 Å². The van der Waals surface area contributed by atoms with E-state index in [-0.39, 0.29) is 0 Å². The Morgan fingerprint density at radius 2 is 1.14 bits per heavy atom. The van der Waals surface area contributed by atoms with Crippen LogP contribution in [0.25, 0.3) is 0 Å². The Bertz CT molecular complexity index is 715. The van der Waals surface area contributed by atoms with Gasteiger partial charge in [0.2, 0.25) is 0 Å². The Labute approximate surface area is 133 Å². The highest BCUT2D eigenvalue weighted by Crippen LogP contribution is 2.32. The molecule has 110 valence electrons. The molecule has 0 aliphatic heterocycles. The van der Waals surface area contributed by atoms with E-state index >= 15 is 0 Å². The molecule has 0 radical (unpaired) electrons. The summed E-state index contributed by atoms with van der Waals surface area (Å²) in [6.45, 7) is 6.31. The molecule has 0 aliphatic rings. The molecule has 0 N–H and O–H groups in total. The van der Waals surface area contributed by atoms with Gasteiger partial charge >= 0.3 is 0 Å². The summed E-state index contributed by atoms with van der Waals surface area (Å²) >= 11 is 0. The van der Waals surface area contributed by atoms with Crippen LogP contribution in [0.15, 0.2) is 66.7 Å². The fraction of sp³-hybridized carbons (Fsp3) is 0.150. The number of hydrogen-bond acceptors (Lipinski definition) is 1. The molecule has 2 heteroatoms. The van der Waals surface area contributed by atoms with Gasteiger partial charge in [-0.1, -0.05) is 65.7 Å². The molecule has 0 bridgehead atoms. The lowest BCUT2D eigenvalue weighted by Crippen LogP contribution is -2.23. The molecule has 3 aromatic rings. The predicted octanol–water partition coefficient (Wildman–Crippen LogP) is 3.77. The van der Waals surface area contributed by atoms with Gasteiger partial charge < -0.3 is 0 Å². The van der Waals surface area contributed by atoms with E-state index in [2.05, 4.69) is 87.5 Å². The molecule has 0 spiro atoms. The van der Waals surface area contributed by atoms with Crippen LogP contribution in [0.5, 0.6) is 0 Å². The highest BCUT2D eigenvalue weighted by molar-refractivity contribution is 7.79. The van der Waals surface area contributed by atoms with Gasteiger partial charge in [-0.05, 0) is 43.5 Å².